The Balaban J connectivity index is 1.49. The summed E-state index contributed by atoms with van der Waals surface area (Å²) in [4.78, 5) is 22.6. The van der Waals surface area contributed by atoms with Crippen LogP contribution in [0.2, 0.25) is 0 Å². The van der Waals surface area contributed by atoms with Gasteiger partial charge in [0.25, 0.3) is 0 Å². The second-order valence-electron chi connectivity index (χ2n) is 7.44. The fourth-order valence-corrected chi connectivity index (χ4v) is 3.88. The summed E-state index contributed by atoms with van der Waals surface area (Å²) in [6.45, 7) is 0. The molecule has 0 bridgehead atoms. The van der Waals surface area contributed by atoms with Gasteiger partial charge in [0, 0.05) is 17.3 Å². The lowest BCUT2D eigenvalue weighted by Crippen LogP contribution is -2.13. The predicted octanol–water partition coefficient (Wildman–Crippen LogP) is 6.54. The highest BCUT2D eigenvalue weighted by Gasteiger charge is 2.37. The van der Waals surface area contributed by atoms with Gasteiger partial charge in [0.15, 0.2) is 5.78 Å². The molecule has 0 unspecified atom stereocenters. The van der Waals surface area contributed by atoms with E-state index in [9.17, 15) is 4.79 Å². The molecule has 0 saturated heterocycles. The fraction of sp³-hybridized carbons (Fsp3) is 0.0357. The van der Waals surface area contributed by atoms with E-state index < -0.39 is 0 Å². The van der Waals surface area contributed by atoms with Crippen molar-refractivity contribution in [1.82, 2.24) is 0 Å². The van der Waals surface area contributed by atoms with Crippen molar-refractivity contribution in [2.24, 2.45) is 9.98 Å². The number of carbonyl (C=O) groups is 1. The molecule has 5 rings (SSSR count). The van der Waals surface area contributed by atoms with Crippen LogP contribution >= 0.6 is 0 Å². The molecule has 3 heteroatoms. The number of hydrogen-bond acceptors (Lipinski definition) is 3. The normalized spacial score (nSPS) is 16.7. The summed E-state index contributed by atoms with van der Waals surface area (Å²) < 4.78 is 0. The van der Waals surface area contributed by atoms with Crippen LogP contribution in [0.1, 0.15) is 33.0 Å². The highest BCUT2D eigenvalue weighted by Crippen LogP contribution is 2.36. The number of benzene rings is 4. The summed E-state index contributed by atoms with van der Waals surface area (Å²) in [6.07, 6.45) is 1.85. The van der Waals surface area contributed by atoms with Crippen molar-refractivity contribution in [3.8, 4) is 0 Å². The summed E-state index contributed by atoms with van der Waals surface area (Å²) in [7, 11) is 0. The zero-order valence-electron chi connectivity index (χ0n) is 16.8. The highest BCUT2D eigenvalue weighted by atomic mass is 16.1. The first kappa shape index (κ1) is 18.9. The minimum atomic E-state index is -0.380. The van der Waals surface area contributed by atoms with E-state index in [-0.39, 0.29) is 11.7 Å². The van der Waals surface area contributed by atoms with Gasteiger partial charge in [-0.1, -0.05) is 84.9 Å². The molecule has 1 aliphatic rings. The number of aliphatic imine (C=N–C) groups is 2. The van der Waals surface area contributed by atoms with E-state index in [0.29, 0.717) is 0 Å². The van der Waals surface area contributed by atoms with Gasteiger partial charge in [0.2, 0.25) is 0 Å². The van der Waals surface area contributed by atoms with Crippen LogP contribution < -0.4 is 0 Å². The van der Waals surface area contributed by atoms with Gasteiger partial charge >= 0.3 is 0 Å². The summed E-state index contributed by atoms with van der Waals surface area (Å²) in [5.41, 5.74) is 6.12. The number of Topliss-reactive ketones (excluding diaryl/α,β-unsaturated/α-hetero) is 1. The molecule has 3 nitrogen and oxygen atoms in total. The minimum Gasteiger partial charge on any atom is -0.293 e. The molecule has 1 atom stereocenters. The maximum absolute atomic E-state index is 13.2. The first-order valence-corrected chi connectivity index (χ1v) is 10.3. The fourth-order valence-electron chi connectivity index (χ4n) is 3.88. The summed E-state index contributed by atoms with van der Waals surface area (Å²) >= 11 is 0. The second-order valence-corrected chi connectivity index (χ2v) is 7.44. The molecule has 4 aromatic carbocycles. The second kappa shape index (κ2) is 8.33. The van der Waals surface area contributed by atoms with Crippen molar-refractivity contribution in [2.45, 2.75) is 5.92 Å². The van der Waals surface area contributed by atoms with E-state index in [4.69, 9.17) is 4.99 Å². The third kappa shape index (κ3) is 3.86. The average Bonchev–Trinajstić information content (AvgIpc) is 3.11. The van der Waals surface area contributed by atoms with Gasteiger partial charge in [0.1, 0.15) is 0 Å². The Bertz CT molecular complexity index is 1270. The number of carbonyl (C=O) groups excluding carboxylic acids is 1. The molecule has 0 radical (unpaired) electrons. The number of hydrogen-bond donors (Lipinski definition) is 0. The molecule has 0 heterocycles. The number of ketones is 1. The average molecular weight is 400 g/mol. The lowest BCUT2D eigenvalue weighted by Gasteiger charge is -2.11. The van der Waals surface area contributed by atoms with Crippen molar-refractivity contribution >= 4 is 29.1 Å². The summed E-state index contributed by atoms with van der Waals surface area (Å²) in [6, 6.07) is 35.4. The Morgan fingerprint density at radius 3 is 1.90 bits per heavy atom. The molecule has 0 fully saturated rings. The monoisotopic (exact) mass is 400 g/mol. The zero-order chi connectivity index (χ0) is 21.0. The van der Waals surface area contributed by atoms with Gasteiger partial charge in [-0.2, -0.15) is 0 Å². The quantitative estimate of drug-likeness (QED) is 0.359. The molecule has 0 N–H and O–H groups in total. The van der Waals surface area contributed by atoms with Crippen LogP contribution in [-0.4, -0.2) is 17.7 Å². The zero-order valence-corrected chi connectivity index (χ0v) is 16.8. The smallest absolute Gasteiger partial charge is 0.176 e. The first-order valence-electron chi connectivity index (χ1n) is 10.3. The predicted molar refractivity (Wildman–Crippen MR) is 126 cm³/mol. The minimum absolute atomic E-state index is 0.102. The number of rotatable bonds is 4. The van der Waals surface area contributed by atoms with Crippen LogP contribution in [0.25, 0.3) is 0 Å². The lowest BCUT2D eigenvalue weighted by atomic mass is 9.93. The van der Waals surface area contributed by atoms with Crippen molar-refractivity contribution in [3.05, 3.63) is 131 Å². The van der Waals surface area contributed by atoms with Crippen LogP contribution in [0.3, 0.4) is 0 Å². The van der Waals surface area contributed by atoms with Crippen LogP contribution in [0, 0.1) is 0 Å². The molecule has 0 aromatic heterocycles. The maximum Gasteiger partial charge on any atom is 0.176 e. The van der Waals surface area contributed by atoms with E-state index in [1.54, 1.807) is 0 Å². The molecule has 0 amide bonds. The number of nitrogens with zero attached hydrogens (tertiary/aromatic N) is 2. The maximum atomic E-state index is 13.2. The van der Waals surface area contributed by atoms with Crippen LogP contribution in [0.15, 0.2) is 119 Å². The van der Waals surface area contributed by atoms with Crippen LogP contribution in [0.4, 0.5) is 11.4 Å². The van der Waals surface area contributed by atoms with Gasteiger partial charge in [-0.05, 0) is 35.4 Å². The van der Waals surface area contributed by atoms with Crippen molar-refractivity contribution in [1.29, 1.82) is 0 Å². The Morgan fingerprint density at radius 2 is 1.19 bits per heavy atom. The standard InChI is InChI=1S/C28H20N2O/c31-28-25-14-8-7-13-24(25)27(26(28)21-11-5-2-6-12-21)30-23-17-15-22(16-18-23)29-19-20-9-3-1-4-10-20/h1-19,26H/t26-/m1/s1. The van der Waals surface area contributed by atoms with Crippen LogP contribution in [-0.2, 0) is 0 Å². The molecular weight excluding hydrogens is 380 g/mol. The Morgan fingerprint density at radius 1 is 0.613 bits per heavy atom. The third-order valence-electron chi connectivity index (χ3n) is 5.40. The van der Waals surface area contributed by atoms with Gasteiger partial charge in [0.05, 0.1) is 23.0 Å². The molecule has 4 aromatic rings. The van der Waals surface area contributed by atoms with Crippen LogP contribution in [0.5, 0.6) is 0 Å². The van der Waals surface area contributed by atoms with E-state index in [1.165, 1.54) is 0 Å². The van der Waals surface area contributed by atoms with Gasteiger partial charge in [-0.25, -0.2) is 0 Å². The Kier molecular flexibility index (Phi) is 5.07. The molecule has 1 aliphatic carbocycles. The molecule has 31 heavy (non-hydrogen) atoms. The first-order chi connectivity index (χ1) is 15.3. The third-order valence-corrected chi connectivity index (χ3v) is 5.40. The summed E-state index contributed by atoms with van der Waals surface area (Å²) in [5.74, 6) is -0.279. The largest absolute Gasteiger partial charge is 0.293 e. The van der Waals surface area contributed by atoms with Gasteiger partial charge < -0.3 is 0 Å². The Hall–Kier alpha value is -4.11. The van der Waals surface area contributed by atoms with Crippen molar-refractivity contribution in [2.75, 3.05) is 0 Å². The molecule has 0 saturated carbocycles. The van der Waals surface area contributed by atoms with E-state index in [1.807, 2.05) is 115 Å². The Labute approximate surface area is 181 Å². The molecule has 148 valence electrons. The highest BCUT2D eigenvalue weighted by molar-refractivity contribution is 6.32. The molecule has 0 spiro atoms. The van der Waals surface area contributed by atoms with E-state index >= 15 is 0 Å². The molecular formula is C28H20N2O. The SMILES string of the molecule is O=C1c2ccccc2C(=Nc2ccc(N=Cc3ccccc3)cc2)[C@H]1c1ccccc1. The topological polar surface area (TPSA) is 41.8 Å². The van der Waals surface area contributed by atoms with Crippen molar-refractivity contribution in [3.63, 3.8) is 0 Å². The van der Waals surface area contributed by atoms with E-state index in [2.05, 4.69) is 4.99 Å². The lowest BCUT2D eigenvalue weighted by molar-refractivity contribution is 0.0988. The van der Waals surface area contributed by atoms with E-state index in [0.717, 1.165) is 39.3 Å². The van der Waals surface area contributed by atoms with Gasteiger partial charge in [-0.3, -0.25) is 14.8 Å². The summed E-state index contributed by atoms with van der Waals surface area (Å²) in [5, 5.41) is 0. The number of fused-ring (bicyclic) bond motifs is 1. The van der Waals surface area contributed by atoms with Crippen molar-refractivity contribution < 1.29 is 4.79 Å². The van der Waals surface area contributed by atoms with Gasteiger partial charge in [-0.15, -0.1) is 0 Å². The molecule has 0 aliphatic heterocycles.